The van der Waals surface area contributed by atoms with Crippen molar-refractivity contribution < 1.29 is 10.0 Å². The summed E-state index contributed by atoms with van der Waals surface area (Å²) in [5.41, 5.74) is 5.39. The third-order valence-corrected chi connectivity index (χ3v) is 2.93. The van der Waals surface area contributed by atoms with Gasteiger partial charge in [-0.3, -0.25) is 4.79 Å². The van der Waals surface area contributed by atoms with Crippen LogP contribution in [-0.2, 0) is 4.79 Å². The van der Waals surface area contributed by atoms with Crippen LogP contribution in [0.15, 0.2) is 5.16 Å². The maximum atomic E-state index is 11.7. The van der Waals surface area contributed by atoms with Crippen LogP contribution in [0.5, 0.6) is 0 Å². The number of amidine groups is 1. The first-order valence-corrected chi connectivity index (χ1v) is 6.11. The predicted octanol–water partition coefficient (Wildman–Crippen LogP) is 0.114. The normalized spacial score (nSPS) is 18.4. The Labute approximate surface area is 102 Å². The molecular weight excluding hydrogens is 220 g/mol. The molecule has 0 radical (unpaired) electrons. The Morgan fingerprint density at radius 3 is 2.76 bits per heavy atom. The fourth-order valence-corrected chi connectivity index (χ4v) is 1.98. The third-order valence-electron chi connectivity index (χ3n) is 2.93. The number of likely N-dealkylation sites (tertiary alicyclic amines) is 1. The lowest BCUT2D eigenvalue weighted by Gasteiger charge is -2.17. The van der Waals surface area contributed by atoms with Gasteiger partial charge in [-0.1, -0.05) is 5.16 Å². The number of nitrogens with one attached hydrogen (secondary N) is 1. The maximum Gasteiger partial charge on any atom is 0.223 e. The lowest BCUT2D eigenvalue weighted by molar-refractivity contribution is -0.130. The Morgan fingerprint density at radius 1 is 1.53 bits per heavy atom. The zero-order valence-electron chi connectivity index (χ0n) is 10.4. The number of nitrogens with zero attached hydrogens (tertiary/aromatic N) is 2. The van der Waals surface area contributed by atoms with E-state index in [4.69, 9.17) is 10.9 Å². The van der Waals surface area contributed by atoms with Gasteiger partial charge in [-0.25, -0.2) is 0 Å². The highest BCUT2D eigenvalue weighted by atomic mass is 16.4. The maximum absolute atomic E-state index is 11.7. The predicted molar refractivity (Wildman–Crippen MR) is 65.9 cm³/mol. The van der Waals surface area contributed by atoms with E-state index in [1.165, 1.54) is 0 Å². The van der Waals surface area contributed by atoms with Crippen LogP contribution in [0, 0.1) is 0 Å². The summed E-state index contributed by atoms with van der Waals surface area (Å²) >= 11 is 0. The number of carbonyl (C=O) groups excluding carboxylic acids is 1. The van der Waals surface area contributed by atoms with Gasteiger partial charge in [-0.2, -0.15) is 0 Å². The smallest absolute Gasteiger partial charge is 0.223 e. The Kier molecular flexibility index (Phi) is 5.76. The van der Waals surface area contributed by atoms with Gasteiger partial charge in [0.15, 0.2) is 0 Å². The van der Waals surface area contributed by atoms with E-state index in [-0.39, 0.29) is 17.8 Å². The molecule has 1 atom stereocenters. The average Bonchev–Trinajstić information content (AvgIpc) is 2.82. The fraction of sp³-hybridized carbons (Fsp3) is 0.818. The Balaban J connectivity index is 2.12. The summed E-state index contributed by atoms with van der Waals surface area (Å²) in [6, 6.07) is 0.109. The van der Waals surface area contributed by atoms with Crippen molar-refractivity contribution in [2.45, 2.75) is 38.6 Å². The highest BCUT2D eigenvalue weighted by molar-refractivity contribution is 5.80. The van der Waals surface area contributed by atoms with Crippen molar-refractivity contribution in [1.29, 1.82) is 0 Å². The summed E-state index contributed by atoms with van der Waals surface area (Å²) in [6.07, 6.45) is 3.24. The molecule has 4 N–H and O–H groups in total. The summed E-state index contributed by atoms with van der Waals surface area (Å²) in [7, 11) is 0. The molecule has 1 aliphatic heterocycles. The molecule has 1 rings (SSSR count). The molecule has 0 aromatic heterocycles. The molecule has 17 heavy (non-hydrogen) atoms. The quantitative estimate of drug-likeness (QED) is 0.267. The van der Waals surface area contributed by atoms with Gasteiger partial charge in [-0.15, -0.1) is 0 Å². The summed E-state index contributed by atoms with van der Waals surface area (Å²) in [5.74, 6) is 0.418. The first-order chi connectivity index (χ1) is 8.13. The largest absolute Gasteiger partial charge is 0.409 e. The molecule has 1 amide bonds. The van der Waals surface area contributed by atoms with Gasteiger partial charge in [0.2, 0.25) is 5.91 Å². The molecule has 0 aliphatic carbocycles. The Bertz CT molecular complexity index is 275. The van der Waals surface area contributed by atoms with Crippen molar-refractivity contribution in [2.24, 2.45) is 10.9 Å². The van der Waals surface area contributed by atoms with E-state index in [1.54, 1.807) is 0 Å². The zero-order chi connectivity index (χ0) is 12.7. The monoisotopic (exact) mass is 242 g/mol. The number of amides is 1. The van der Waals surface area contributed by atoms with Gasteiger partial charge < -0.3 is 21.2 Å². The van der Waals surface area contributed by atoms with E-state index in [0.717, 1.165) is 25.9 Å². The van der Waals surface area contributed by atoms with E-state index in [1.807, 2.05) is 11.8 Å². The SMILES string of the molecule is CC(CC(N)=NO)NCCC(=O)N1CCCC1. The lowest BCUT2D eigenvalue weighted by atomic mass is 10.2. The van der Waals surface area contributed by atoms with Crippen LogP contribution >= 0.6 is 0 Å². The molecule has 1 aliphatic rings. The van der Waals surface area contributed by atoms with Crippen molar-refractivity contribution in [1.82, 2.24) is 10.2 Å². The molecule has 1 saturated heterocycles. The molecule has 1 unspecified atom stereocenters. The molecule has 1 fully saturated rings. The van der Waals surface area contributed by atoms with Gasteiger partial charge in [0.1, 0.15) is 5.84 Å². The van der Waals surface area contributed by atoms with Gasteiger partial charge in [0.05, 0.1) is 0 Å². The second-order valence-electron chi connectivity index (χ2n) is 4.49. The standard InChI is InChI=1S/C11H22N4O2/c1-9(8-10(12)14-17)13-5-4-11(16)15-6-2-3-7-15/h9,13,17H,2-8H2,1H3,(H2,12,14). The van der Waals surface area contributed by atoms with E-state index >= 15 is 0 Å². The fourth-order valence-electron chi connectivity index (χ4n) is 1.98. The Hall–Kier alpha value is -1.30. The summed E-state index contributed by atoms with van der Waals surface area (Å²) in [5, 5.41) is 14.5. The molecule has 6 heteroatoms. The molecule has 0 bridgehead atoms. The zero-order valence-corrected chi connectivity index (χ0v) is 10.4. The Morgan fingerprint density at radius 2 is 2.18 bits per heavy atom. The van der Waals surface area contributed by atoms with Crippen LogP contribution in [0.1, 0.15) is 32.6 Å². The van der Waals surface area contributed by atoms with Crippen LogP contribution in [0.4, 0.5) is 0 Å². The van der Waals surface area contributed by atoms with Crippen LogP contribution in [-0.4, -0.2) is 47.5 Å². The minimum absolute atomic E-state index is 0.109. The third kappa shape index (κ3) is 5.04. The molecule has 1 heterocycles. The number of oxime groups is 1. The molecule has 0 saturated carbocycles. The number of hydrogen-bond acceptors (Lipinski definition) is 4. The summed E-state index contributed by atoms with van der Waals surface area (Å²) < 4.78 is 0. The number of rotatable bonds is 6. The molecule has 6 nitrogen and oxygen atoms in total. The molecule has 0 aromatic rings. The van der Waals surface area contributed by atoms with Gasteiger partial charge in [-0.05, 0) is 19.8 Å². The van der Waals surface area contributed by atoms with E-state index < -0.39 is 0 Å². The number of carbonyl (C=O) groups is 1. The topological polar surface area (TPSA) is 91.0 Å². The van der Waals surface area contributed by atoms with Gasteiger partial charge in [0, 0.05) is 38.5 Å². The van der Waals surface area contributed by atoms with Crippen molar-refractivity contribution in [2.75, 3.05) is 19.6 Å². The molecular formula is C11H22N4O2. The summed E-state index contributed by atoms with van der Waals surface area (Å²) in [6.45, 7) is 4.38. The van der Waals surface area contributed by atoms with Crippen LogP contribution in [0.3, 0.4) is 0 Å². The minimum Gasteiger partial charge on any atom is -0.409 e. The number of nitrogens with two attached hydrogens (primary N) is 1. The average molecular weight is 242 g/mol. The highest BCUT2D eigenvalue weighted by Gasteiger charge is 2.17. The van der Waals surface area contributed by atoms with E-state index in [2.05, 4.69) is 10.5 Å². The van der Waals surface area contributed by atoms with Crippen LogP contribution in [0.2, 0.25) is 0 Å². The van der Waals surface area contributed by atoms with E-state index in [9.17, 15) is 4.79 Å². The second-order valence-corrected chi connectivity index (χ2v) is 4.49. The lowest BCUT2D eigenvalue weighted by Crippen LogP contribution is -2.35. The van der Waals surface area contributed by atoms with Gasteiger partial charge >= 0.3 is 0 Å². The first-order valence-electron chi connectivity index (χ1n) is 6.11. The summed E-state index contributed by atoms with van der Waals surface area (Å²) in [4.78, 5) is 13.6. The first kappa shape index (κ1) is 13.8. The van der Waals surface area contributed by atoms with E-state index in [0.29, 0.717) is 19.4 Å². The van der Waals surface area contributed by atoms with Gasteiger partial charge in [0.25, 0.3) is 0 Å². The second kappa shape index (κ2) is 7.11. The van der Waals surface area contributed by atoms with Crippen molar-refractivity contribution in [3.63, 3.8) is 0 Å². The van der Waals surface area contributed by atoms with Crippen molar-refractivity contribution in [3.8, 4) is 0 Å². The van der Waals surface area contributed by atoms with Crippen molar-refractivity contribution in [3.05, 3.63) is 0 Å². The molecule has 0 aromatic carbocycles. The number of hydrogen-bond donors (Lipinski definition) is 3. The van der Waals surface area contributed by atoms with Crippen LogP contribution in [0.25, 0.3) is 0 Å². The van der Waals surface area contributed by atoms with Crippen LogP contribution < -0.4 is 11.1 Å². The molecule has 98 valence electrons. The minimum atomic E-state index is 0.109. The van der Waals surface area contributed by atoms with Crippen molar-refractivity contribution >= 4 is 11.7 Å². The highest BCUT2D eigenvalue weighted by Crippen LogP contribution is 2.08. The molecule has 0 spiro atoms.